The number of para-hydroxylation sites is 1. The average molecular weight is 546 g/mol. The Bertz CT molecular complexity index is 1720. The van der Waals surface area contributed by atoms with Crippen LogP contribution in [0.3, 0.4) is 0 Å². The molecule has 2 aromatic heterocycles. The van der Waals surface area contributed by atoms with E-state index in [1.54, 1.807) is 31.2 Å². The summed E-state index contributed by atoms with van der Waals surface area (Å²) >= 11 is 0. The van der Waals surface area contributed by atoms with E-state index in [0.29, 0.717) is 17.8 Å². The van der Waals surface area contributed by atoms with E-state index < -0.39 is 5.97 Å². The van der Waals surface area contributed by atoms with Crippen LogP contribution in [-0.4, -0.2) is 37.9 Å². The summed E-state index contributed by atoms with van der Waals surface area (Å²) in [7, 11) is 0. The Kier molecular flexibility index (Phi) is 6.89. The van der Waals surface area contributed by atoms with Crippen molar-refractivity contribution in [1.82, 2.24) is 19.2 Å². The molecule has 0 unspecified atom stereocenters. The number of amides is 2. The molecule has 41 heavy (non-hydrogen) atoms. The van der Waals surface area contributed by atoms with Crippen LogP contribution in [-0.2, 0) is 11.3 Å². The first-order valence-corrected chi connectivity index (χ1v) is 13.7. The van der Waals surface area contributed by atoms with Crippen molar-refractivity contribution in [3.8, 4) is 11.5 Å². The molecule has 1 atom stereocenters. The molecule has 6 rings (SSSR count). The monoisotopic (exact) mass is 545 g/mol. The van der Waals surface area contributed by atoms with Gasteiger partial charge in [-0.05, 0) is 68.8 Å². The van der Waals surface area contributed by atoms with Crippen LogP contribution in [0.5, 0.6) is 0 Å². The maximum atomic E-state index is 14.2. The second-order valence-corrected chi connectivity index (χ2v) is 10.1. The van der Waals surface area contributed by atoms with E-state index in [1.165, 1.54) is 0 Å². The molecule has 0 spiro atoms. The number of carbonyl (C=O) groups excluding carboxylic acids is 2. The molecule has 0 saturated heterocycles. The highest BCUT2D eigenvalue weighted by Crippen LogP contribution is 2.38. The molecule has 1 aliphatic heterocycles. The maximum absolute atomic E-state index is 14.2. The predicted octanol–water partition coefficient (Wildman–Crippen LogP) is 6.59. The number of nitrogens with one attached hydrogen (secondary N) is 1. The number of hydrogen-bond donors (Lipinski definition) is 1. The number of urea groups is 1. The van der Waals surface area contributed by atoms with E-state index in [4.69, 9.17) is 9.84 Å². The van der Waals surface area contributed by atoms with Gasteiger partial charge in [0.1, 0.15) is 5.82 Å². The standard InChI is InChI=1S/C33H31N5O3/c1-4-41-32(39)25-10-8-11-26(20-25)34-33(40)37-21-28-23(3)35-38(27-12-6-5-7-13-27)31(28)36-19-9-14-29(36)30(37)24-17-15-22(2)16-18-24/h5-20,30H,4,21H2,1-3H3,(H,34,40)/t30-/m1/s1. The third-order valence-corrected chi connectivity index (χ3v) is 7.37. The van der Waals surface area contributed by atoms with E-state index in [9.17, 15) is 9.59 Å². The lowest BCUT2D eigenvalue weighted by Gasteiger charge is -2.31. The van der Waals surface area contributed by atoms with Crippen LogP contribution in [0.1, 0.15) is 51.4 Å². The molecule has 206 valence electrons. The Hall–Kier alpha value is -5.11. The predicted molar refractivity (Wildman–Crippen MR) is 158 cm³/mol. The van der Waals surface area contributed by atoms with Crippen molar-refractivity contribution in [2.75, 3.05) is 11.9 Å². The highest BCUT2D eigenvalue weighted by molar-refractivity contribution is 5.94. The number of anilines is 1. The first-order chi connectivity index (χ1) is 19.9. The minimum atomic E-state index is -0.428. The van der Waals surface area contributed by atoms with Crippen LogP contribution in [0.25, 0.3) is 11.5 Å². The molecule has 0 radical (unpaired) electrons. The minimum Gasteiger partial charge on any atom is -0.462 e. The van der Waals surface area contributed by atoms with Crippen molar-refractivity contribution in [2.45, 2.75) is 33.4 Å². The number of carbonyl (C=O) groups is 2. The third-order valence-electron chi connectivity index (χ3n) is 7.37. The second-order valence-electron chi connectivity index (χ2n) is 10.1. The number of ether oxygens (including phenoxy) is 1. The van der Waals surface area contributed by atoms with E-state index in [1.807, 2.05) is 66.0 Å². The van der Waals surface area contributed by atoms with Gasteiger partial charge in [-0.2, -0.15) is 5.10 Å². The lowest BCUT2D eigenvalue weighted by Crippen LogP contribution is -2.38. The van der Waals surface area contributed by atoms with Crippen LogP contribution in [0.2, 0.25) is 0 Å². The number of aromatic nitrogens is 3. The molecule has 0 fully saturated rings. The summed E-state index contributed by atoms with van der Waals surface area (Å²) in [6.07, 6.45) is 2.03. The molecule has 1 N–H and O–H groups in total. The molecule has 3 aromatic carbocycles. The minimum absolute atomic E-state index is 0.277. The van der Waals surface area contributed by atoms with Gasteiger partial charge in [0.15, 0.2) is 0 Å². The smallest absolute Gasteiger partial charge is 0.338 e. The van der Waals surface area contributed by atoms with Gasteiger partial charge >= 0.3 is 12.0 Å². The van der Waals surface area contributed by atoms with Crippen molar-refractivity contribution >= 4 is 17.7 Å². The average Bonchev–Trinajstić information content (AvgIpc) is 3.55. The third kappa shape index (κ3) is 4.89. The van der Waals surface area contributed by atoms with E-state index in [0.717, 1.165) is 39.6 Å². The summed E-state index contributed by atoms with van der Waals surface area (Å²) in [6, 6.07) is 28.5. The molecule has 0 saturated carbocycles. The largest absolute Gasteiger partial charge is 0.462 e. The van der Waals surface area contributed by atoms with Crippen molar-refractivity contribution in [3.05, 3.63) is 131 Å². The maximum Gasteiger partial charge on any atom is 0.338 e. The number of nitrogens with zero attached hydrogens (tertiary/aromatic N) is 4. The summed E-state index contributed by atoms with van der Waals surface area (Å²) in [4.78, 5) is 28.3. The first kappa shape index (κ1) is 26.1. The van der Waals surface area contributed by atoms with Crippen LogP contribution in [0.15, 0.2) is 97.2 Å². The van der Waals surface area contributed by atoms with E-state index in [-0.39, 0.29) is 18.7 Å². The Morgan fingerprint density at radius 2 is 1.73 bits per heavy atom. The Morgan fingerprint density at radius 1 is 0.951 bits per heavy atom. The summed E-state index contributed by atoms with van der Waals surface area (Å²) in [5.74, 6) is 0.479. The van der Waals surface area contributed by atoms with Gasteiger partial charge in [0.05, 0.1) is 41.8 Å². The van der Waals surface area contributed by atoms with Gasteiger partial charge in [-0.25, -0.2) is 14.3 Å². The number of hydrogen-bond acceptors (Lipinski definition) is 4. The molecular formula is C33H31N5O3. The lowest BCUT2D eigenvalue weighted by atomic mass is 10.0. The lowest BCUT2D eigenvalue weighted by molar-refractivity contribution is 0.0526. The topological polar surface area (TPSA) is 81.4 Å². The fraction of sp³-hybridized carbons (Fsp3) is 0.182. The highest BCUT2D eigenvalue weighted by Gasteiger charge is 2.36. The molecular weight excluding hydrogens is 514 g/mol. The number of esters is 1. The molecule has 8 nitrogen and oxygen atoms in total. The quantitative estimate of drug-likeness (QED) is 0.253. The summed E-state index contributed by atoms with van der Waals surface area (Å²) in [6.45, 7) is 6.40. The number of fused-ring (bicyclic) bond motifs is 3. The summed E-state index contributed by atoms with van der Waals surface area (Å²) in [5, 5.41) is 7.95. The number of rotatable bonds is 5. The van der Waals surface area contributed by atoms with Crippen molar-refractivity contribution in [3.63, 3.8) is 0 Å². The van der Waals surface area contributed by atoms with E-state index in [2.05, 4.69) is 40.2 Å². The molecule has 5 aromatic rings. The van der Waals surface area contributed by atoms with E-state index >= 15 is 0 Å². The first-order valence-electron chi connectivity index (χ1n) is 13.7. The highest BCUT2D eigenvalue weighted by atomic mass is 16.5. The molecule has 2 amide bonds. The fourth-order valence-electron chi connectivity index (χ4n) is 5.38. The molecule has 3 heterocycles. The normalized spacial score (nSPS) is 14.1. The zero-order valence-corrected chi connectivity index (χ0v) is 23.2. The van der Waals surface area contributed by atoms with Gasteiger partial charge < -0.3 is 19.5 Å². The molecule has 0 aliphatic carbocycles. The Morgan fingerprint density at radius 3 is 2.49 bits per heavy atom. The van der Waals surface area contributed by atoms with Gasteiger partial charge in [-0.3, -0.25) is 0 Å². The van der Waals surface area contributed by atoms with Gasteiger partial charge in [0.25, 0.3) is 0 Å². The summed E-state index contributed by atoms with van der Waals surface area (Å²) in [5.41, 5.74) is 6.71. The van der Waals surface area contributed by atoms with Crippen LogP contribution in [0, 0.1) is 13.8 Å². The summed E-state index contributed by atoms with van der Waals surface area (Å²) < 4.78 is 9.24. The van der Waals surface area contributed by atoms with Gasteiger partial charge in [0.2, 0.25) is 0 Å². The van der Waals surface area contributed by atoms with Crippen molar-refractivity contribution in [2.24, 2.45) is 0 Å². The number of aryl methyl sites for hydroxylation is 2. The molecule has 8 heteroatoms. The van der Waals surface area contributed by atoms with Crippen LogP contribution >= 0.6 is 0 Å². The SMILES string of the molecule is CCOC(=O)c1cccc(NC(=O)N2Cc3c(C)nn(-c4ccccc4)c3-n3cccc3[C@H]2c2ccc(C)cc2)c1. The zero-order valence-electron chi connectivity index (χ0n) is 23.2. The fourth-order valence-corrected chi connectivity index (χ4v) is 5.38. The van der Waals surface area contributed by atoms with Gasteiger partial charge in [0, 0.05) is 17.4 Å². The number of benzene rings is 3. The van der Waals surface area contributed by atoms with Gasteiger partial charge in [-0.15, -0.1) is 0 Å². The van der Waals surface area contributed by atoms with Crippen molar-refractivity contribution in [1.29, 1.82) is 0 Å². The molecule has 1 aliphatic rings. The van der Waals surface area contributed by atoms with Crippen LogP contribution in [0.4, 0.5) is 10.5 Å². The molecule has 0 bridgehead atoms. The zero-order chi connectivity index (χ0) is 28.5. The Balaban J connectivity index is 1.47. The second kappa shape index (κ2) is 10.8. The Labute approximate surface area is 238 Å². The van der Waals surface area contributed by atoms with Crippen molar-refractivity contribution < 1.29 is 14.3 Å². The van der Waals surface area contributed by atoms with Gasteiger partial charge in [-0.1, -0.05) is 54.1 Å². The van der Waals surface area contributed by atoms with Crippen LogP contribution < -0.4 is 5.32 Å².